The second-order valence-electron chi connectivity index (χ2n) is 4.14. The number of benzene rings is 2. The fraction of sp³-hybridized carbons (Fsp3) is 0.133. The van der Waals surface area contributed by atoms with Crippen LogP contribution in [0.2, 0.25) is 0 Å². The molecule has 2 N–H and O–H groups in total. The van der Waals surface area contributed by atoms with E-state index in [0.717, 1.165) is 11.1 Å². The fourth-order valence-corrected chi connectivity index (χ4v) is 1.75. The van der Waals surface area contributed by atoms with Gasteiger partial charge in [-0.05, 0) is 36.8 Å². The molecule has 0 radical (unpaired) electrons. The molecule has 4 heteroatoms. The number of aromatic hydroxyl groups is 1. The van der Waals surface area contributed by atoms with Crippen molar-refractivity contribution in [3.05, 3.63) is 59.7 Å². The lowest BCUT2D eigenvalue weighted by Gasteiger charge is -2.10. The molecule has 0 aliphatic heterocycles. The van der Waals surface area contributed by atoms with E-state index in [1.807, 2.05) is 30.3 Å². The van der Waals surface area contributed by atoms with E-state index in [9.17, 15) is 5.11 Å². The van der Waals surface area contributed by atoms with Gasteiger partial charge in [0, 0.05) is 5.56 Å². The average molecular weight is 257 g/mol. The van der Waals surface area contributed by atoms with Crippen molar-refractivity contribution >= 4 is 5.71 Å². The summed E-state index contributed by atoms with van der Waals surface area (Å²) in [5.41, 5.74) is 2.10. The predicted octanol–water partition coefficient (Wildman–Crippen LogP) is 3.17. The zero-order valence-electron chi connectivity index (χ0n) is 10.6. The first-order valence-corrected chi connectivity index (χ1v) is 5.89. The smallest absolute Gasteiger partial charge is 0.128 e. The lowest BCUT2D eigenvalue weighted by molar-refractivity contribution is 0.302. The zero-order valence-corrected chi connectivity index (χ0v) is 10.6. The van der Waals surface area contributed by atoms with Gasteiger partial charge in [0.15, 0.2) is 0 Å². The molecule has 0 atom stereocenters. The minimum absolute atomic E-state index is 0.211. The maximum Gasteiger partial charge on any atom is 0.128 e. The van der Waals surface area contributed by atoms with Gasteiger partial charge in [-0.3, -0.25) is 0 Å². The van der Waals surface area contributed by atoms with Crippen molar-refractivity contribution in [1.29, 1.82) is 0 Å². The van der Waals surface area contributed by atoms with Gasteiger partial charge in [0.2, 0.25) is 0 Å². The lowest BCUT2D eigenvalue weighted by atomic mass is 10.1. The molecule has 0 heterocycles. The second kappa shape index (κ2) is 5.91. The first kappa shape index (κ1) is 13.0. The van der Waals surface area contributed by atoms with Crippen LogP contribution in [0.15, 0.2) is 53.7 Å². The molecule has 2 rings (SSSR count). The lowest BCUT2D eigenvalue weighted by Crippen LogP contribution is -2.02. The van der Waals surface area contributed by atoms with Crippen LogP contribution >= 0.6 is 0 Å². The summed E-state index contributed by atoms with van der Waals surface area (Å²) in [4.78, 5) is 0. The molecule has 0 aliphatic rings. The summed E-state index contributed by atoms with van der Waals surface area (Å²) < 4.78 is 5.70. The Morgan fingerprint density at radius 3 is 2.68 bits per heavy atom. The number of oxime groups is 1. The topological polar surface area (TPSA) is 62.1 Å². The van der Waals surface area contributed by atoms with Gasteiger partial charge in [-0.1, -0.05) is 29.4 Å². The normalized spacial score (nSPS) is 11.3. The molecule has 0 saturated carbocycles. The Bertz CT molecular complexity index is 593. The van der Waals surface area contributed by atoms with Crippen LogP contribution in [0.5, 0.6) is 11.5 Å². The number of phenols is 1. The van der Waals surface area contributed by atoms with Gasteiger partial charge in [-0.2, -0.15) is 0 Å². The Balaban J connectivity index is 2.16. The highest BCUT2D eigenvalue weighted by atomic mass is 16.5. The number of nitrogens with zero attached hydrogens (tertiary/aromatic N) is 1. The molecular formula is C15H15NO3. The fourth-order valence-electron chi connectivity index (χ4n) is 1.75. The van der Waals surface area contributed by atoms with E-state index < -0.39 is 0 Å². The Morgan fingerprint density at radius 2 is 1.95 bits per heavy atom. The van der Waals surface area contributed by atoms with Crippen molar-refractivity contribution < 1.29 is 15.1 Å². The van der Waals surface area contributed by atoms with Crippen molar-refractivity contribution in [2.45, 2.75) is 13.5 Å². The molecule has 0 aliphatic carbocycles. The van der Waals surface area contributed by atoms with Gasteiger partial charge >= 0.3 is 0 Å². The van der Waals surface area contributed by atoms with Crippen LogP contribution in [0.1, 0.15) is 18.1 Å². The number of ether oxygens (including phenoxy) is 1. The van der Waals surface area contributed by atoms with Crippen molar-refractivity contribution in [3.63, 3.8) is 0 Å². The second-order valence-corrected chi connectivity index (χ2v) is 4.14. The monoisotopic (exact) mass is 257 g/mol. The highest BCUT2D eigenvalue weighted by Gasteiger charge is 2.06. The molecule has 0 spiro atoms. The Hall–Kier alpha value is -2.49. The van der Waals surface area contributed by atoms with Crippen LogP contribution in [0.3, 0.4) is 0 Å². The maximum atomic E-state index is 9.38. The van der Waals surface area contributed by atoms with Gasteiger partial charge < -0.3 is 15.1 Å². The first-order chi connectivity index (χ1) is 9.20. The average Bonchev–Trinajstić information content (AvgIpc) is 2.45. The van der Waals surface area contributed by atoms with Gasteiger partial charge in [-0.25, -0.2) is 0 Å². The van der Waals surface area contributed by atoms with Crippen LogP contribution in [0.25, 0.3) is 0 Å². The number of hydrogen-bond donors (Lipinski definition) is 2. The highest BCUT2D eigenvalue weighted by Crippen LogP contribution is 2.21. The summed E-state index contributed by atoms with van der Waals surface area (Å²) in [5.74, 6) is 0.851. The number of rotatable bonds is 4. The molecule has 0 unspecified atom stereocenters. The van der Waals surface area contributed by atoms with E-state index in [0.29, 0.717) is 18.1 Å². The van der Waals surface area contributed by atoms with Crippen molar-refractivity contribution in [2.24, 2.45) is 5.16 Å². The Morgan fingerprint density at radius 1 is 1.16 bits per heavy atom. The van der Waals surface area contributed by atoms with E-state index in [4.69, 9.17) is 9.94 Å². The SMILES string of the molecule is CC(=NO)c1ccccc1OCc1cccc(O)c1. The molecular weight excluding hydrogens is 242 g/mol. The van der Waals surface area contributed by atoms with Crippen LogP contribution in [-0.2, 0) is 6.61 Å². The van der Waals surface area contributed by atoms with Crippen LogP contribution in [0.4, 0.5) is 0 Å². The number of para-hydroxylation sites is 1. The minimum Gasteiger partial charge on any atom is -0.508 e. The molecule has 19 heavy (non-hydrogen) atoms. The Kier molecular flexibility index (Phi) is 4.03. The molecule has 4 nitrogen and oxygen atoms in total. The molecule has 2 aromatic rings. The van der Waals surface area contributed by atoms with E-state index in [-0.39, 0.29) is 5.75 Å². The van der Waals surface area contributed by atoms with E-state index in [2.05, 4.69) is 5.16 Å². The maximum absolute atomic E-state index is 9.38. The molecule has 0 aromatic heterocycles. The minimum atomic E-state index is 0.211. The summed E-state index contributed by atoms with van der Waals surface area (Å²) in [6.45, 7) is 2.04. The zero-order chi connectivity index (χ0) is 13.7. The first-order valence-electron chi connectivity index (χ1n) is 5.89. The highest BCUT2D eigenvalue weighted by molar-refractivity contribution is 6.00. The largest absolute Gasteiger partial charge is 0.508 e. The third-order valence-corrected chi connectivity index (χ3v) is 2.73. The quantitative estimate of drug-likeness (QED) is 0.502. The van der Waals surface area contributed by atoms with Crippen LogP contribution in [0, 0.1) is 0 Å². The van der Waals surface area contributed by atoms with Gasteiger partial charge in [-0.15, -0.1) is 0 Å². The molecule has 0 fully saturated rings. The van der Waals surface area contributed by atoms with Gasteiger partial charge in [0.25, 0.3) is 0 Å². The van der Waals surface area contributed by atoms with Crippen LogP contribution in [-0.4, -0.2) is 16.0 Å². The number of phenolic OH excluding ortho intramolecular Hbond substituents is 1. The Labute approximate surface area is 111 Å². The number of hydrogen-bond acceptors (Lipinski definition) is 4. The van der Waals surface area contributed by atoms with Gasteiger partial charge in [0.05, 0.1) is 5.71 Å². The van der Waals surface area contributed by atoms with Crippen LogP contribution < -0.4 is 4.74 Å². The van der Waals surface area contributed by atoms with Gasteiger partial charge in [0.1, 0.15) is 18.1 Å². The summed E-state index contributed by atoms with van der Waals surface area (Å²) in [6.07, 6.45) is 0. The molecule has 98 valence electrons. The third kappa shape index (κ3) is 3.25. The third-order valence-electron chi connectivity index (χ3n) is 2.73. The summed E-state index contributed by atoms with van der Waals surface area (Å²) in [5, 5.41) is 21.4. The van der Waals surface area contributed by atoms with Crippen molar-refractivity contribution in [3.8, 4) is 11.5 Å². The predicted molar refractivity (Wildman–Crippen MR) is 72.9 cm³/mol. The summed E-state index contributed by atoms with van der Waals surface area (Å²) in [7, 11) is 0. The van der Waals surface area contributed by atoms with E-state index in [1.54, 1.807) is 25.1 Å². The molecule has 2 aromatic carbocycles. The van der Waals surface area contributed by atoms with Crippen molar-refractivity contribution in [2.75, 3.05) is 0 Å². The summed E-state index contributed by atoms with van der Waals surface area (Å²) in [6, 6.07) is 14.2. The summed E-state index contributed by atoms with van der Waals surface area (Å²) >= 11 is 0. The standard InChI is InChI=1S/C15H15NO3/c1-11(16-18)14-7-2-3-8-15(14)19-10-12-5-4-6-13(17)9-12/h2-9,17-18H,10H2,1H3. The molecule has 0 bridgehead atoms. The van der Waals surface area contributed by atoms with Crippen molar-refractivity contribution in [1.82, 2.24) is 0 Å². The van der Waals surface area contributed by atoms with E-state index >= 15 is 0 Å². The van der Waals surface area contributed by atoms with E-state index in [1.165, 1.54) is 0 Å². The molecule has 0 saturated heterocycles. The molecule has 0 amide bonds.